The molecule has 0 atom stereocenters. The van der Waals surface area contributed by atoms with Gasteiger partial charge in [-0.1, -0.05) is 23.4 Å². The van der Waals surface area contributed by atoms with Crippen LogP contribution in [0.1, 0.15) is 0 Å². The molecule has 0 unspecified atom stereocenters. The maximum Gasteiger partial charge on any atom is 0.258 e. The zero-order valence-corrected chi connectivity index (χ0v) is 14.3. The van der Waals surface area contributed by atoms with Crippen LogP contribution in [-0.2, 0) is 0 Å². The zero-order chi connectivity index (χ0) is 18.1. The maximum absolute atomic E-state index is 5.81. The summed E-state index contributed by atoms with van der Waals surface area (Å²) in [5.74, 6) is 2.60. The summed E-state index contributed by atoms with van der Waals surface area (Å²) in [6, 6.07) is 25.3. The third-order valence-corrected chi connectivity index (χ3v) is 4.32. The van der Waals surface area contributed by atoms with E-state index in [1.54, 1.807) is 0 Å². The van der Waals surface area contributed by atoms with E-state index < -0.39 is 0 Å². The second-order valence-electron chi connectivity index (χ2n) is 6.14. The summed E-state index contributed by atoms with van der Waals surface area (Å²) >= 11 is 0. The lowest BCUT2D eigenvalue weighted by Gasteiger charge is -2.05. The quantitative estimate of drug-likeness (QED) is 0.452. The summed E-state index contributed by atoms with van der Waals surface area (Å²) in [7, 11) is 0. The molecule has 2 heterocycles. The number of aromatic nitrogens is 3. The molecule has 0 bridgehead atoms. The number of rotatable bonds is 4. The topological polar surface area (TPSA) is 63.9 Å². The van der Waals surface area contributed by atoms with Crippen LogP contribution in [0.4, 0.5) is 0 Å². The maximum atomic E-state index is 5.81. The number of benzene rings is 3. The van der Waals surface area contributed by atoms with Crippen molar-refractivity contribution in [1.82, 2.24) is 15.1 Å². The van der Waals surface area contributed by atoms with Gasteiger partial charge in [0.15, 0.2) is 0 Å². The van der Waals surface area contributed by atoms with E-state index in [4.69, 9.17) is 9.26 Å². The summed E-state index contributed by atoms with van der Waals surface area (Å²) in [5, 5.41) is 5.22. The number of ether oxygens (including phenoxy) is 1. The number of nitrogens with zero attached hydrogens (tertiary/aromatic N) is 2. The highest BCUT2D eigenvalue weighted by Gasteiger charge is 2.11. The highest BCUT2D eigenvalue weighted by atomic mass is 16.5. The Kier molecular flexibility index (Phi) is 3.68. The molecule has 5 rings (SSSR count). The molecule has 0 amide bonds. The minimum absolute atomic E-state index is 0.498. The van der Waals surface area contributed by atoms with Crippen LogP contribution in [0, 0.1) is 0 Å². The Bertz CT molecular complexity index is 1190. The molecular formula is C22H15N3O2. The molecule has 5 nitrogen and oxygen atoms in total. The first-order chi connectivity index (χ1) is 13.3. The molecule has 0 fully saturated rings. The van der Waals surface area contributed by atoms with Gasteiger partial charge in [0.05, 0.1) is 0 Å². The van der Waals surface area contributed by atoms with Crippen LogP contribution in [0.5, 0.6) is 11.5 Å². The van der Waals surface area contributed by atoms with E-state index in [1.165, 1.54) is 0 Å². The Morgan fingerprint density at radius 2 is 1.56 bits per heavy atom. The van der Waals surface area contributed by atoms with Gasteiger partial charge in [0, 0.05) is 28.2 Å². The predicted molar refractivity (Wildman–Crippen MR) is 104 cm³/mol. The summed E-state index contributed by atoms with van der Waals surface area (Å²) in [6.45, 7) is 0. The number of fused-ring (bicyclic) bond motifs is 1. The van der Waals surface area contributed by atoms with E-state index >= 15 is 0 Å². The van der Waals surface area contributed by atoms with Crippen molar-refractivity contribution in [2.24, 2.45) is 0 Å². The van der Waals surface area contributed by atoms with Gasteiger partial charge in [-0.15, -0.1) is 0 Å². The number of hydrogen-bond acceptors (Lipinski definition) is 4. The molecule has 0 radical (unpaired) electrons. The molecule has 0 aliphatic heterocycles. The molecule has 3 aromatic carbocycles. The Hall–Kier alpha value is -3.86. The van der Waals surface area contributed by atoms with Crippen LogP contribution in [-0.4, -0.2) is 15.1 Å². The Balaban J connectivity index is 1.39. The van der Waals surface area contributed by atoms with E-state index in [2.05, 4.69) is 15.1 Å². The fourth-order valence-electron chi connectivity index (χ4n) is 2.94. The van der Waals surface area contributed by atoms with Crippen molar-refractivity contribution >= 4 is 10.9 Å². The standard InChI is InChI=1S/C22H15N3O2/c1-2-4-18(5-3-1)26-19-9-6-15(7-10-19)21-24-22(27-25-21)17-8-11-20-16(14-17)12-13-23-20/h1-14,23H. The van der Waals surface area contributed by atoms with Crippen LogP contribution >= 0.6 is 0 Å². The minimum Gasteiger partial charge on any atom is -0.457 e. The molecule has 5 heteroatoms. The smallest absolute Gasteiger partial charge is 0.258 e. The zero-order valence-electron chi connectivity index (χ0n) is 14.3. The van der Waals surface area contributed by atoms with Gasteiger partial charge in [-0.2, -0.15) is 4.98 Å². The summed E-state index contributed by atoms with van der Waals surface area (Å²) in [4.78, 5) is 7.70. The molecule has 0 spiro atoms. The predicted octanol–water partition coefficient (Wildman–Crippen LogP) is 5.68. The molecule has 0 saturated heterocycles. The summed E-state index contributed by atoms with van der Waals surface area (Å²) in [5.41, 5.74) is 2.84. The number of hydrogen-bond donors (Lipinski definition) is 1. The first-order valence-corrected chi connectivity index (χ1v) is 8.60. The molecule has 1 N–H and O–H groups in total. The first kappa shape index (κ1) is 15.4. The highest BCUT2D eigenvalue weighted by molar-refractivity contribution is 5.83. The fourth-order valence-corrected chi connectivity index (χ4v) is 2.94. The number of para-hydroxylation sites is 1. The van der Waals surface area contributed by atoms with Crippen molar-refractivity contribution in [3.05, 3.63) is 85.1 Å². The second-order valence-corrected chi connectivity index (χ2v) is 6.14. The van der Waals surface area contributed by atoms with Gasteiger partial charge < -0.3 is 14.2 Å². The molecule has 0 saturated carbocycles. The first-order valence-electron chi connectivity index (χ1n) is 8.60. The molecule has 27 heavy (non-hydrogen) atoms. The highest BCUT2D eigenvalue weighted by Crippen LogP contribution is 2.27. The third-order valence-electron chi connectivity index (χ3n) is 4.32. The van der Waals surface area contributed by atoms with Gasteiger partial charge in [-0.05, 0) is 60.7 Å². The van der Waals surface area contributed by atoms with E-state index in [1.807, 2.05) is 85.1 Å². The van der Waals surface area contributed by atoms with Gasteiger partial charge in [0.25, 0.3) is 5.89 Å². The second kappa shape index (κ2) is 6.46. The van der Waals surface area contributed by atoms with Gasteiger partial charge in [0.1, 0.15) is 11.5 Å². The van der Waals surface area contributed by atoms with Gasteiger partial charge in [-0.25, -0.2) is 0 Å². The molecular weight excluding hydrogens is 338 g/mol. The van der Waals surface area contributed by atoms with Crippen LogP contribution in [0.15, 0.2) is 89.6 Å². The van der Waals surface area contributed by atoms with Gasteiger partial charge >= 0.3 is 0 Å². The Morgan fingerprint density at radius 3 is 2.41 bits per heavy atom. The number of aromatic amines is 1. The number of nitrogens with one attached hydrogen (secondary N) is 1. The van der Waals surface area contributed by atoms with Crippen molar-refractivity contribution in [2.75, 3.05) is 0 Å². The van der Waals surface area contributed by atoms with Crippen LogP contribution in [0.2, 0.25) is 0 Å². The summed E-state index contributed by atoms with van der Waals surface area (Å²) in [6.07, 6.45) is 1.91. The van der Waals surface area contributed by atoms with Gasteiger partial charge in [0.2, 0.25) is 5.82 Å². The van der Waals surface area contributed by atoms with Gasteiger partial charge in [-0.3, -0.25) is 0 Å². The minimum atomic E-state index is 0.498. The monoisotopic (exact) mass is 353 g/mol. The van der Waals surface area contributed by atoms with Crippen LogP contribution in [0.3, 0.4) is 0 Å². The molecule has 0 aliphatic carbocycles. The normalized spacial score (nSPS) is 11.0. The average molecular weight is 353 g/mol. The largest absolute Gasteiger partial charge is 0.457 e. The van der Waals surface area contributed by atoms with E-state index in [-0.39, 0.29) is 0 Å². The lowest BCUT2D eigenvalue weighted by atomic mass is 10.1. The molecule has 0 aliphatic rings. The van der Waals surface area contributed by atoms with Crippen molar-refractivity contribution in [1.29, 1.82) is 0 Å². The lowest BCUT2D eigenvalue weighted by Crippen LogP contribution is -1.85. The third kappa shape index (κ3) is 3.06. The summed E-state index contributed by atoms with van der Waals surface area (Å²) < 4.78 is 11.3. The van der Waals surface area contributed by atoms with Crippen molar-refractivity contribution in [2.45, 2.75) is 0 Å². The van der Waals surface area contributed by atoms with Crippen LogP contribution in [0.25, 0.3) is 33.7 Å². The fraction of sp³-hybridized carbons (Fsp3) is 0. The number of H-pyrrole nitrogens is 1. The van der Waals surface area contributed by atoms with Crippen molar-refractivity contribution < 1.29 is 9.26 Å². The van der Waals surface area contributed by atoms with E-state index in [9.17, 15) is 0 Å². The van der Waals surface area contributed by atoms with E-state index in [0.717, 1.165) is 33.5 Å². The lowest BCUT2D eigenvalue weighted by molar-refractivity contribution is 0.432. The molecule has 2 aromatic heterocycles. The SMILES string of the molecule is c1ccc(Oc2ccc(-c3noc(-c4ccc5[nH]ccc5c4)n3)cc2)cc1. The van der Waals surface area contributed by atoms with Crippen LogP contribution < -0.4 is 4.74 Å². The molecule has 5 aromatic rings. The average Bonchev–Trinajstić information content (AvgIpc) is 3.38. The van der Waals surface area contributed by atoms with E-state index in [0.29, 0.717) is 11.7 Å². The van der Waals surface area contributed by atoms with Crippen molar-refractivity contribution in [3.8, 4) is 34.3 Å². The Morgan fingerprint density at radius 1 is 0.778 bits per heavy atom. The molecule has 130 valence electrons. The van der Waals surface area contributed by atoms with Crippen molar-refractivity contribution in [3.63, 3.8) is 0 Å². The Labute approximate surface area is 155 Å².